The van der Waals surface area contributed by atoms with Gasteiger partial charge in [0.1, 0.15) is 0 Å². The van der Waals surface area contributed by atoms with Crippen LogP contribution in [0.15, 0.2) is 18.5 Å². The Kier molecular flexibility index (Phi) is 2.40. The van der Waals surface area contributed by atoms with E-state index in [4.69, 9.17) is 0 Å². The topological polar surface area (TPSA) is 27.8 Å². The zero-order valence-electron chi connectivity index (χ0n) is 8.27. The van der Waals surface area contributed by atoms with Crippen LogP contribution in [-0.2, 0) is 6.54 Å². The summed E-state index contributed by atoms with van der Waals surface area (Å²) in [5, 5.41) is 3.66. The molecular formula is C11H18N2. The summed E-state index contributed by atoms with van der Waals surface area (Å²) in [5.74, 6) is 0. The summed E-state index contributed by atoms with van der Waals surface area (Å²) in [5.41, 5.74) is 1.83. The number of hydrogen-bond acceptors (Lipinski definition) is 1. The van der Waals surface area contributed by atoms with Crippen LogP contribution < -0.4 is 5.32 Å². The minimum atomic E-state index is 0.470. The molecule has 1 heterocycles. The molecule has 2 nitrogen and oxygen atoms in total. The van der Waals surface area contributed by atoms with E-state index in [1.165, 1.54) is 31.2 Å². The van der Waals surface area contributed by atoms with Crippen molar-refractivity contribution in [2.24, 2.45) is 0 Å². The molecule has 0 saturated heterocycles. The first-order valence-electron chi connectivity index (χ1n) is 5.21. The maximum atomic E-state index is 3.66. The third kappa shape index (κ3) is 1.78. The van der Waals surface area contributed by atoms with E-state index in [2.05, 4.69) is 29.5 Å². The minimum Gasteiger partial charge on any atom is -0.367 e. The predicted octanol–water partition coefficient (Wildman–Crippen LogP) is 2.44. The average Bonchev–Trinajstić information content (AvgIpc) is 2.56. The van der Waals surface area contributed by atoms with Crippen LogP contribution in [0.3, 0.4) is 0 Å². The summed E-state index contributed by atoms with van der Waals surface area (Å²) < 4.78 is 0. The molecule has 0 unspecified atom stereocenters. The summed E-state index contributed by atoms with van der Waals surface area (Å²) in [6, 6.07) is 2.13. The van der Waals surface area contributed by atoms with Crippen molar-refractivity contribution in [3.63, 3.8) is 0 Å². The lowest BCUT2D eigenvalue weighted by atomic mass is 9.75. The van der Waals surface area contributed by atoms with Crippen LogP contribution in [0.25, 0.3) is 0 Å². The Hall–Kier alpha value is -0.760. The molecule has 0 radical (unpaired) electrons. The van der Waals surface area contributed by atoms with Crippen molar-refractivity contribution in [1.82, 2.24) is 10.3 Å². The fraction of sp³-hybridized carbons (Fsp3) is 0.636. The van der Waals surface area contributed by atoms with Crippen LogP contribution in [0.2, 0.25) is 0 Å². The number of aromatic amines is 1. The Morgan fingerprint density at radius 2 is 2.38 bits per heavy atom. The Bertz CT molecular complexity index is 242. The van der Waals surface area contributed by atoms with E-state index in [0.29, 0.717) is 5.54 Å². The van der Waals surface area contributed by atoms with Gasteiger partial charge in [-0.15, -0.1) is 0 Å². The lowest BCUT2D eigenvalue weighted by Gasteiger charge is -2.42. The van der Waals surface area contributed by atoms with E-state index < -0.39 is 0 Å². The first kappa shape index (κ1) is 8.82. The molecule has 1 saturated carbocycles. The highest BCUT2D eigenvalue weighted by Crippen LogP contribution is 2.34. The third-order valence-corrected chi connectivity index (χ3v) is 3.32. The standard InChI is InChI=1S/C11H18N2/c1-2-11(5-3-6-11)13-9-10-4-7-12-8-10/h4,7-8,12-13H,2-3,5-6,9H2,1H3. The molecule has 0 amide bonds. The van der Waals surface area contributed by atoms with Crippen molar-refractivity contribution >= 4 is 0 Å². The van der Waals surface area contributed by atoms with Crippen LogP contribution in [0, 0.1) is 0 Å². The van der Waals surface area contributed by atoms with Crippen molar-refractivity contribution in [3.8, 4) is 0 Å². The van der Waals surface area contributed by atoms with E-state index >= 15 is 0 Å². The van der Waals surface area contributed by atoms with Gasteiger partial charge in [-0.1, -0.05) is 6.92 Å². The second-order valence-electron chi connectivity index (χ2n) is 4.06. The fourth-order valence-corrected chi connectivity index (χ4v) is 2.02. The molecule has 2 heteroatoms. The molecule has 1 aliphatic carbocycles. The van der Waals surface area contributed by atoms with Crippen LogP contribution in [0.1, 0.15) is 38.2 Å². The Morgan fingerprint density at radius 3 is 2.85 bits per heavy atom. The average molecular weight is 178 g/mol. The quantitative estimate of drug-likeness (QED) is 0.728. The van der Waals surface area contributed by atoms with Gasteiger partial charge in [-0.05, 0) is 37.3 Å². The highest BCUT2D eigenvalue weighted by molar-refractivity contribution is 5.09. The largest absolute Gasteiger partial charge is 0.367 e. The normalized spacial score (nSPS) is 19.8. The molecule has 0 atom stereocenters. The van der Waals surface area contributed by atoms with E-state index in [0.717, 1.165) is 6.54 Å². The van der Waals surface area contributed by atoms with Gasteiger partial charge in [0.15, 0.2) is 0 Å². The summed E-state index contributed by atoms with van der Waals surface area (Å²) >= 11 is 0. The Morgan fingerprint density at radius 1 is 1.54 bits per heavy atom. The van der Waals surface area contributed by atoms with Gasteiger partial charge in [-0.25, -0.2) is 0 Å². The molecule has 0 spiro atoms. The summed E-state index contributed by atoms with van der Waals surface area (Å²) in [6.45, 7) is 3.29. The number of rotatable bonds is 4. The van der Waals surface area contributed by atoms with Gasteiger partial charge in [0.25, 0.3) is 0 Å². The maximum absolute atomic E-state index is 3.66. The SMILES string of the molecule is CCC1(NCc2cc[nH]c2)CCC1. The maximum Gasteiger partial charge on any atom is 0.0225 e. The molecule has 2 N–H and O–H groups in total. The lowest BCUT2D eigenvalue weighted by molar-refractivity contribution is 0.175. The lowest BCUT2D eigenvalue weighted by Crippen LogP contribution is -2.49. The van der Waals surface area contributed by atoms with Gasteiger partial charge in [0.05, 0.1) is 0 Å². The molecule has 1 aromatic rings. The third-order valence-electron chi connectivity index (χ3n) is 3.32. The molecule has 72 valence electrons. The molecular weight excluding hydrogens is 160 g/mol. The second-order valence-corrected chi connectivity index (χ2v) is 4.06. The second kappa shape index (κ2) is 3.54. The number of H-pyrrole nitrogens is 1. The molecule has 1 aromatic heterocycles. The van der Waals surface area contributed by atoms with E-state index in [1.54, 1.807) is 0 Å². The van der Waals surface area contributed by atoms with Crippen LogP contribution in [0.5, 0.6) is 0 Å². The van der Waals surface area contributed by atoms with Gasteiger partial charge in [0.2, 0.25) is 0 Å². The van der Waals surface area contributed by atoms with Gasteiger partial charge >= 0.3 is 0 Å². The van der Waals surface area contributed by atoms with E-state index in [9.17, 15) is 0 Å². The monoisotopic (exact) mass is 178 g/mol. The fourth-order valence-electron chi connectivity index (χ4n) is 2.02. The van der Waals surface area contributed by atoms with E-state index in [-0.39, 0.29) is 0 Å². The Labute approximate surface area is 79.7 Å². The minimum absolute atomic E-state index is 0.470. The van der Waals surface area contributed by atoms with Crippen molar-refractivity contribution < 1.29 is 0 Å². The Balaban J connectivity index is 1.84. The zero-order chi connectivity index (χ0) is 9.15. The van der Waals surface area contributed by atoms with Crippen LogP contribution in [0.4, 0.5) is 0 Å². The molecule has 1 fully saturated rings. The molecule has 0 aliphatic heterocycles. The van der Waals surface area contributed by atoms with Gasteiger partial charge in [-0.3, -0.25) is 0 Å². The summed E-state index contributed by atoms with van der Waals surface area (Å²) in [4.78, 5) is 3.08. The van der Waals surface area contributed by atoms with Gasteiger partial charge in [0, 0.05) is 24.5 Å². The number of hydrogen-bond donors (Lipinski definition) is 2. The van der Waals surface area contributed by atoms with E-state index in [1.807, 2.05) is 6.20 Å². The van der Waals surface area contributed by atoms with Crippen LogP contribution in [-0.4, -0.2) is 10.5 Å². The highest BCUT2D eigenvalue weighted by atomic mass is 15.0. The van der Waals surface area contributed by atoms with Crippen molar-refractivity contribution in [2.75, 3.05) is 0 Å². The number of aromatic nitrogens is 1. The van der Waals surface area contributed by atoms with Crippen molar-refractivity contribution in [3.05, 3.63) is 24.0 Å². The summed E-state index contributed by atoms with van der Waals surface area (Å²) in [6.07, 6.45) is 9.42. The molecule has 1 aliphatic rings. The zero-order valence-corrected chi connectivity index (χ0v) is 8.27. The van der Waals surface area contributed by atoms with Crippen molar-refractivity contribution in [2.45, 2.75) is 44.7 Å². The van der Waals surface area contributed by atoms with Gasteiger partial charge in [-0.2, -0.15) is 0 Å². The van der Waals surface area contributed by atoms with Gasteiger partial charge < -0.3 is 10.3 Å². The highest BCUT2D eigenvalue weighted by Gasteiger charge is 2.33. The predicted molar refractivity (Wildman–Crippen MR) is 54.5 cm³/mol. The first-order chi connectivity index (χ1) is 6.35. The van der Waals surface area contributed by atoms with Crippen molar-refractivity contribution in [1.29, 1.82) is 0 Å². The molecule has 0 aromatic carbocycles. The smallest absolute Gasteiger partial charge is 0.0225 e. The summed E-state index contributed by atoms with van der Waals surface area (Å²) in [7, 11) is 0. The molecule has 2 rings (SSSR count). The van der Waals surface area contributed by atoms with Crippen LogP contribution >= 0.6 is 0 Å². The first-order valence-corrected chi connectivity index (χ1v) is 5.21. The molecule has 13 heavy (non-hydrogen) atoms. The number of nitrogens with one attached hydrogen (secondary N) is 2. The molecule has 0 bridgehead atoms.